The number of rotatable bonds is 6. The van der Waals surface area contributed by atoms with Gasteiger partial charge in [0.1, 0.15) is 5.75 Å². The summed E-state index contributed by atoms with van der Waals surface area (Å²) in [5.41, 5.74) is 12.3. The lowest BCUT2D eigenvalue weighted by Crippen LogP contribution is -2.24. The Bertz CT molecular complexity index is 979. The van der Waals surface area contributed by atoms with Crippen molar-refractivity contribution in [2.24, 2.45) is 16.5 Å². The molecule has 0 aliphatic carbocycles. The Morgan fingerprint density at radius 3 is 2.30 bits per heavy atom. The molecule has 0 aliphatic heterocycles. The first kappa shape index (κ1) is 20.2. The molecule has 0 fully saturated rings. The van der Waals surface area contributed by atoms with Crippen molar-refractivity contribution in [1.82, 2.24) is 0 Å². The van der Waals surface area contributed by atoms with Crippen molar-refractivity contribution in [2.45, 2.75) is 18.2 Å². The van der Waals surface area contributed by atoms with Crippen molar-refractivity contribution in [2.75, 3.05) is 18.7 Å². The van der Waals surface area contributed by atoms with Gasteiger partial charge >= 0.3 is 0 Å². The van der Waals surface area contributed by atoms with Gasteiger partial charge in [0.2, 0.25) is 0 Å². The Hall–Kier alpha value is -3.07. The molecule has 0 aliphatic rings. The monoisotopic (exact) mass is 390 g/mol. The van der Waals surface area contributed by atoms with Crippen LogP contribution >= 0.6 is 0 Å². The topological polar surface area (TPSA) is 137 Å². The lowest BCUT2D eigenvalue weighted by atomic mass is 10.0. The molecule has 2 rings (SSSR count). The second-order valence-corrected chi connectivity index (χ2v) is 7.81. The molecule has 2 aromatic carbocycles. The van der Waals surface area contributed by atoms with Crippen LogP contribution in [-0.2, 0) is 16.3 Å². The summed E-state index contributed by atoms with van der Waals surface area (Å²) in [4.78, 5) is 15.8. The molecular formula is C18H22N4O4S. The van der Waals surface area contributed by atoms with Crippen LogP contribution in [0, 0.1) is 0 Å². The van der Waals surface area contributed by atoms with Crippen molar-refractivity contribution in [3.05, 3.63) is 47.5 Å². The maximum Gasteiger partial charge on any atom is 0.280 e. The Kier molecular flexibility index (Phi) is 6.06. The number of anilines is 2. The van der Waals surface area contributed by atoms with E-state index >= 15 is 0 Å². The van der Waals surface area contributed by atoms with Gasteiger partial charge in [-0.25, -0.2) is 8.42 Å². The molecule has 0 saturated carbocycles. The number of carbonyl (C=O) groups is 1. The summed E-state index contributed by atoms with van der Waals surface area (Å²) < 4.78 is 29.7. The molecule has 0 spiro atoms. The van der Waals surface area contributed by atoms with Crippen LogP contribution < -0.4 is 21.5 Å². The number of sulfone groups is 1. The van der Waals surface area contributed by atoms with Crippen LogP contribution in [0.5, 0.6) is 5.75 Å². The molecule has 0 aromatic heterocycles. The molecule has 27 heavy (non-hydrogen) atoms. The number of benzene rings is 2. The zero-order valence-corrected chi connectivity index (χ0v) is 16.1. The van der Waals surface area contributed by atoms with E-state index in [4.69, 9.17) is 16.2 Å². The molecule has 0 heterocycles. The molecule has 0 radical (unpaired) electrons. The van der Waals surface area contributed by atoms with Crippen LogP contribution in [0.2, 0.25) is 0 Å². The Morgan fingerprint density at radius 1 is 1.19 bits per heavy atom. The van der Waals surface area contributed by atoms with Crippen LogP contribution in [0.1, 0.15) is 22.8 Å². The molecule has 1 amide bonds. The van der Waals surface area contributed by atoms with E-state index in [1.165, 1.54) is 6.07 Å². The van der Waals surface area contributed by atoms with Crippen molar-refractivity contribution in [1.29, 1.82) is 0 Å². The number of hydrogen-bond donors (Lipinski definition) is 3. The molecule has 9 heteroatoms. The summed E-state index contributed by atoms with van der Waals surface area (Å²) in [6, 6.07) is 9.94. The Morgan fingerprint density at radius 2 is 1.81 bits per heavy atom. The van der Waals surface area contributed by atoms with Gasteiger partial charge < -0.3 is 21.5 Å². The number of nitrogens with zero attached hydrogens (tertiary/aromatic N) is 1. The fourth-order valence-corrected chi connectivity index (χ4v) is 3.37. The van der Waals surface area contributed by atoms with E-state index in [0.717, 1.165) is 6.26 Å². The standard InChI is InChI=1S/C18H22N4O4S/c1-4-11-9-15(21-12-5-7-13(26-2)8-6-12)16(27(3,24)25)10-14(11)17(23)22-18(19)20/h5-10,21H,4H2,1-3H3,(H4,19,20,22,23). The third-order valence-corrected chi connectivity index (χ3v) is 4.95. The highest BCUT2D eigenvalue weighted by Crippen LogP contribution is 2.30. The maximum absolute atomic E-state index is 12.3. The van der Waals surface area contributed by atoms with Crippen molar-refractivity contribution in [3.63, 3.8) is 0 Å². The maximum atomic E-state index is 12.3. The first-order chi connectivity index (χ1) is 12.7. The highest BCUT2D eigenvalue weighted by atomic mass is 32.2. The lowest BCUT2D eigenvalue weighted by Gasteiger charge is -2.15. The number of ether oxygens (including phenoxy) is 1. The molecule has 0 unspecified atom stereocenters. The summed E-state index contributed by atoms with van der Waals surface area (Å²) in [6.45, 7) is 1.85. The molecule has 2 aromatic rings. The van der Waals surface area contributed by atoms with Gasteiger partial charge in [0.05, 0.1) is 17.7 Å². The minimum absolute atomic E-state index is 0.0235. The van der Waals surface area contributed by atoms with E-state index in [-0.39, 0.29) is 16.4 Å². The SMILES string of the molecule is CCc1cc(Nc2ccc(OC)cc2)c(S(C)(=O)=O)cc1C(=O)N=C(N)N. The smallest absolute Gasteiger partial charge is 0.280 e. The molecule has 5 N–H and O–H groups in total. The fraction of sp³-hybridized carbons (Fsp3) is 0.222. The second kappa shape index (κ2) is 8.09. The number of aryl methyl sites for hydroxylation is 1. The van der Waals surface area contributed by atoms with Crippen LogP contribution in [0.25, 0.3) is 0 Å². The summed E-state index contributed by atoms with van der Waals surface area (Å²) in [5.74, 6) is -0.396. The number of carbonyl (C=O) groups excluding carboxylic acids is 1. The largest absolute Gasteiger partial charge is 0.497 e. The molecule has 0 saturated heterocycles. The van der Waals surface area contributed by atoms with Crippen molar-refractivity contribution in [3.8, 4) is 5.75 Å². The lowest BCUT2D eigenvalue weighted by molar-refractivity contribution is 0.100. The van der Waals surface area contributed by atoms with Crippen molar-refractivity contribution >= 4 is 33.1 Å². The summed E-state index contributed by atoms with van der Waals surface area (Å²) in [7, 11) is -2.07. The number of nitrogens with one attached hydrogen (secondary N) is 1. The van der Waals surface area contributed by atoms with Gasteiger partial charge in [0, 0.05) is 17.5 Å². The normalized spacial score (nSPS) is 10.9. The minimum atomic E-state index is -3.63. The molecular weight excluding hydrogens is 368 g/mol. The predicted octanol–water partition coefficient (Wildman–Crippen LogP) is 1.82. The highest BCUT2D eigenvalue weighted by molar-refractivity contribution is 7.90. The zero-order valence-electron chi connectivity index (χ0n) is 15.3. The average Bonchev–Trinajstić information content (AvgIpc) is 2.60. The summed E-state index contributed by atoms with van der Waals surface area (Å²) in [6.07, 6.45) is 1.56. The number of aliphatic imine (C=N–C) groups is 1. The predicted molar refractivity (Wildman–Crippen MR) is 105 cm³/mol. The molecule has 0 atom stereocenters. The number of hydrogen-bond acceptors (Lipinski definition) is 5. The van der Waals surface area contributed by atoms with E-state index < -0.39 is 15.7 Å². The number of amides is 1. The summed E-state index contributed by atoms with van der Waals surface area (Å²) >= 11 is 0. The van der Waals surface area contributed by atoms with Gasteiger partial charge in [-0.1, -0.05) is 6.92 Å². The fourth-order valence-electron chi connectivity index (χ4n) is 2.53. The highest BCUT2D eigenvalue weighted by Gasteiger charge is 2.20. The molecule has 144 valence electrons. The third kappa shape index (κ3) is 4.98. The molecule has 8 nitrogen and oxygen atoms in total. The third-order valence-electron chi connectivity index (χ3n) is 3.82. The van der Waals surface area contributed by atoms with Crippen molar-refractivity contribution < 1.29 is 17.9 Å². The van der Waals surface area contributed by atoms with Gasteiger partial charge in [-0.3, -0.25) is 4.79 Å². The van der Waals surface area contributed by atoms with Gasteiger partial charge in [0.25, 0.3) is 5.91 Å². The second-order valence-electron chi connectivity index (χ2n) is 5.83. The first-order valence-electron chi connectivity index (χ1n) is 8.07. The van der Waals surface area contributed by atoms with E-state index in [0.29, 0.717) is 29.1 Å². The summed E-state index contributed by atoms with van der Waals surface area (Å²) in [5, 5.41) is 3.08. The minimum Gasteiger partial charge on any atom is -0.497 e. The van der Waals surface area contributed by atoms with Gasteiger partial charge in [-0.15, -0.1) is 0 Å². The first-order valence-corrected chi connectivity index (χ1v) is 9.96. The average molecular weight is 390 g/mol. The van der Waals surface area contributed by atoms with E-state index in [2.05, 4.69) is 10.3 Å². The van der Waals surface area contributed by atoms with E-state index in [1.54, 1.807) is 37.4 Å². The zero-order chi connectivity index (χ0) is 20.2. The number of nitrogens with two attached hydrogens (primary N) is 2. The van der Waals surface area contributed by atoms with E-state index in [1.807, 2.05) is 6.92 Å². The molecule has 0 bridgehead atoms. The van der Waals surface area contributed by atoms with Crippen LogP contribution in [0.4, 0.5) is 11.4 Å². The van der Waals surface area contributed by atoms with Crippen LogP contribution in [-0.4, -0.2) is 33.7 Å². The number of methoxy groups -OCH3 is 1. The van der Waals surface area contributed by atoms with Crippen LogP contribution in [0.15, 0.2) is 46.3 Å². The van der Waals surface area contributed by atoms with Gasteiger partial charge in [-0.05, 0) is 48.4 Å². The van der Waals surface area contributed by atoms with Gasteiger partial charge in [-0.2, -0.15) is 4.99 Å². The van der Waals surface area contributed by atoms with E-state index in [9.17, 15) is 13.2 Å². The number of guanidine groups is 1. The quantitative estimate of drug-likeness (QED) is 0.505. The Balaban J connectivity index is 2.58. The van der Waals surface area contributed by atoms with Crippen LogP contribution in [0.3, 0.4) is 0 Å². The van der Waals surface area contributed by atoms with Gasteiger partial charge in [0.15, 0.2) is 15.8 Å². The Labute approximate surface area is 158 Å².